The molecule has 1 aromatic rings. The van der Waals surface area contributed by atoms with Crippen molar-refractivity contribution in [1.29, 1.82) is 0 Å². The second-order valence-electron chi connectivity index (χ2n) is 3.21. The number of rotatable bonds is 6. The molecule has 0 fully saturated rings. The monoisotopic (exact) mass is 226 g/mol. The number of nitrogens with one attached hydrogen (secondary N) is 1. The third kappa shape index (κ3) is 3.18. The first-order valence-electron chi connectivity index (χ1n) is 4.72. The lowest BCUT2D eigenvalue weighted by molar-refractivity contribution is 0.0697. The van der Waals surface area contributed by atoms with Crippen LogP contribution in [0.15, 0.2) is 18.5 Å². The van der Waals surface area contributed by atoms with Crippen molar-refractivity contribution >= 4 is 11.7 Å². The minimum atomic E-state index is -1.04. The number of methoxy groups -OCH3 is 1. The summed E-state index contributed by atoms with van der Waals surface area (Å²) in [5.74, 6) is -1.04. The number of aliphatic hydroxyl groups excluding tert-OH is 1. The number of carbonyl (C=O) groups is 1. The van der Waals surface area contributed by atoms with Crippen LogP contribution in [0.5, 0.6) is 0 Å². The minimum Gasteiger partial charge on any atom is -0.478 e. The van der Waals surface area contributed by atoms with Gasteiger partial charge in [0.25, 0.3) is 0 Å². The van der Waals surface area contributed by atoms with E-state index in [1.807, 2.05) is 0 Å². The number of anilines is 1. The molecule has 0 amide bonds. The number of aromatic carboxylic acids is 1. The molecule has 16 heavy (non-hydrogen) atoms. The molecule has 1 unspecified atom stereocenters. The van der Waals surface area contributed by atoms with Gasteiger partial charge in [-0.2, -0.15) is 0 Å². The summed E-state index contributed by atoms with van der Waals surface area (Å²) in [5.41, 5.74) is 0.482. The summed E-state index contributed by atoms with van der Waals surface area (Å²) < 4.78 is 4.88. The maximum Gasteiger partial charge on any atom is 0.337 e. The SMILES string of the molecule is COCC(CO)Nc1cnccc1C(=O)O. The quantitative estimate of drug-likeness (QED) is 0.641. The number of hydrogen-bond donors (Lipinski definition) is 3. The van der Waals surface area contributed by atoms with Crippen LogP contribution in [0.3, 0.4) is 0 Å². The van der Waals surface area contributed by atoms with E-state index in [1.54, 1.807) is 0 Å². The summed E-state index contributed by atoms with van der Waals surface area (Å²) in [6.45, 7) is 0.131. The van der Waals surface area contributed by atoms with Crippen molar-refractivity contribution in [3.63, 3.8) is 0 Å². The fourth-order valence-corrected chi connectivity index (χ4v) is 1.26. The van der Waals surface area contributed by atoms with E-state index in [1.165, 1.54) is 25.6 Å². The van der Waals surface area contributed by atoms with Crippen LogP contribution < -0.4 is 5.32 Å². The second kappa shape index (κ2) is 6.04. The van der Waals surface area contributed by atoms with Gasteiger partial charge in [-0.05, 0) is 6.07 Å². The van der Waals surface area contributed by atoms with E-state index in [4.69, 9.17) is 14.9 Å². The molecule has 1 aromatic heterocycles. The summed E-state index contributed by atoms with van der Waals surface area (Å²) >= 11 is 0. The molecular weight excluding hydrogens is 212 g/mol. The van der Waals surface area contributed by atoms with Crippen LogP contribution in [0.1, 0.15) is 10.4 Å². The van der Waals surface area contributed by atoms with Crippen molar-refractivity contribution in [1.82, 2.24) is 4.98 Å². The number of carboxylic acids is 1. The lowest BCUT2D eigenvalue weighted by atomic mass is 10.2. The molecule has 0 spiro atoms. The first kappa shape index (κ1) is 12.4. The van der Waals surface area contributed by atoms with E-state index in [0.29, 0.717) is 5.69 Å². The number of pyridine rings is 1. The number of hydrogen-bond acceptors (Lipinski definition) is 5. The van der Waals surface area contributed by atoms with Crippen LogP contribution in [0.4, 0.5) is 5.69 Å². The zero-order valence-corrected chi connectivity index (χ0v) is 8.88. The zero-order chi connectivity index (χ0) is 12.0. The molecule has 0 aliphatic carbocycles. The number of ether oxygens (including phenoxy) is 1. The van der Waals surface area contributed by atoms with E-state index >= 15 is 0 Å². The van der Waals surface area contributed by atoms with Crippen LogP contribution in [0.25, 0.3) is 0 Å². The predicted octanol–water partition coefficient (Wildman–Crippen LogP) is 0.199. The molecule has 3 N–H and O–H groups in total. The molecule has 0 aliphatic rings. The molecule has 1 heterocycles. The molecular formula is C10H14N2O4. The lowest BCUT2D eigenvalue weighted by Crippen LogP contribution is -2.29. The van der Waals surface area contributed by atoms with E-state index in [-0.39, 0.29) is 24.8 Å². The molecule has 6 heteroatoms. The molecule has 88 valence electrons. The van der Waals surface area contributed by atoms with Crippen LogP contribution in [-0.4, -0.2) is 47.5 Å². The maximum atomic E-state index is 10.9. The summed E-state index contributed by atoms with van der Waals surface area (Å²) in [5, 5.41) is 20.8. The third-order valence-corrected chi connectivity index (χ3v) is 2.00. The smallest absolute Gasteiger partial charge is 0.337 e. The average molecular weight is 226 g/mol. The number of nitrogens with zero attached hydrogens (tertiary/aromatic N) is 1. The Bertz CT molecular complexity index is 356. The zero-order valence-electron chi connectivity index (χ0n) is 8.88. The van der Waals surface area contributed by atoms with Gasteiger partial charge in [-0.1, -0.05) is 0 Å². The molecule has 1 rings (SSSR count). The van der Waals surface area contributed by atoms with Crippen molar-refractivity contribution in [2.24, 2.45) is 0 Å². The largest absolute Gasteiger partial charge is 0.478 e. The highest BCUT2D eigenvalue weighted by molar-refractivity contribution is 5.93. The Hall–Kier alpha value is -1.66. The molecule has 0 saturated heterocycles. The van der Waals surface area contributed by atoms with Crippen molar-refractivity contribution in [3.8, 4) is 0 Å². The molecule has 6 nitrogen and oxygen atoms in total. The fourth-order valence-electron chi connectivity index (χ4n) is 1.26. The highest BCUT2D eigenvalue weighted by Gasteiger charge is 2.13. The topological polar surface area (TPSA) is 91.7 Å². The van der Waals surface area contributed by atoms with Gasteiger partial charge in [-0.15, -0.1) is 0 Å². The van der Waals surface area contributed by atoms with E-state index in [2.05, 4.69) is 10.3 Å². The normalized spacial score (nSPS) is 12.1. The Morgan fingerprint density at radius 2 is 2.44 bits per heavy atom. The summed E-state index contributed by atoms with van der Waals surface area (Å²) in [4.78, 5) is 14.7. The Balaban J connectivity index is 2.82. The molecule has 0 aliphatic heterocycles. The fraction of sp³-hybridized carbons (Fsp3) is 0.400. The molecule has 1 atom stereocenters. The lowest BCUT2D eigenvalue weighted by Gasteiger charge is -2.17. The molecule has 0 radical (unpaired) electrons. The number of aliphatic hydroxyl groups is 1. The highest BCUT2D eigenvalue weighted by atomic mass is 16.5. The van der Waals surface area contributed by atoms with Gasteiger partial charge in [0.2, 0.25) is 0 Å². The van der Waals surface area contributed by atoms with Gasteiger partial charge in [-0.25, -0.2) is 4.79 Å². The van der Waals surface area contributed by atoms with Crippen molar-refractivity contribution in [3.05, 3.63) is 24.0 Å². The van der Waals surface area contributed by atoms with Gasteiger partial charge in [0.15, 0.2) is 0 Å². The van der Waals surface area contributed by atoms with Crippen LogP contribution in [0.2, 0.25) is 0 Å². The predicted molar refractivity (Wildman–Crippen MR) is 57.6 cm³/mol. The van der Waals surface area contributed by atoms with Crippen LogP contribution in [0, 0.1) is 0 Å². The Morgan fingerprint density at radius 3 is 3.00 bits per heavy atom. The second-order valence-corrected chi connectivity index (χ2v) is 3.21. The highest BCUT2D eigenvalue weighted by Crippen LogP contribution is 2.14. The van der Waals surface area contributed by atoms with Gasteiger partial charge in [0.1, 0.15) is 0 Å². The summed E-state index contributed by atoms with van der Waals surface area (Å²) in [6, 6.07) is 1.04. The van der Waals surface area contributed by atoms with E-state index < -0.39 is 5.97 Å². The van der Waals surface area contributed by atoms with E-state index in [0.717, 1.165) is 0 Å². The third-order valence-electron chi connectivity index (χ3n) is 2.00. The van der Waals surface area contributed by atoms with Gasteiger partial charge < -0.3 is 20.3 Å². The van der Waals surface area contributed by atoms with E-state index in [9.17, 15) is 4.79 Å². The van der Waals surface area contributed by atoms with Crippen molar-refractivity contribution < 1.29 is 19.7 Å². The Kier molecular flexibility index (Phi) is 4.68. The number of aromatic nitrogens is 1. The Labute approximate surface area is 92.9 Å². The standard InChI is InChI=1S/C10H14N2O4/c1-16-6-7(5-13)12-9-4-11-3-2-8(9)10(14)15/h2-4,7,12-13H,5-6H2,1H3,(H,14,15). The van der Waals surface area contributed by atoms with Crippen molar-refractivity contribution in [2.75, 3.05) is 25.6 Å². The number of carboxylic acid groups (broad SMARTS) is 1. The first-order chi connectivity index (χ1) is 7.69. The molecule has 0 saturated carbocycles. The first-order valence-corrected chi connectivity index (χ1v) is 4.72. The molecule has 0 aromatic carbocycles. The van der Waals surface area contributed by atoms with Crippen LogP contribution in [-0.2, 0) is 4.74 Å². The summed E-state index contributed by atoms with van der Waals surface area (Å²) in [7, 11) is 1.51. The average Bonchev–Trinajstić information content (AvgIpc) is 2.29. The van der Waals surface area contributed by atoms with Gasteiger partial charge in [-0.3, -0.25) is 4.98 Å². The van der Waals surface area contributed by atoms with Gasteiger partial charge >= 0.3 is 5.97 Å². The summed E-state index contributed by atoms with van der Waals surface area (Å²) in [6.07, 6.45) is 2.81. The van der Waals surface area contributed by atoms with Gasteiger partial charge in [0, 0.05) is 13.3 Å². The maximum absolute atomic E-state index is 10.9. The van der Waals surface area contributed by atoms with Gasteiger partial charge in [0.05, 0.1) is 36.7 Å². The minimum absolute atomic E-state index is 0.115. The Morgan fingerprint density at radius 1 is 1.69 bits per heavy atom. The van der Waals surface area contributed by atoms with Crippen LogP contribution >= 0.6 is 0 Å². The van der Waals surface area contributed by atoms with Crippen molar-refractivity contribution in [2.45, 2.75) is 6.04 Å². The molecule has 0 bridgehead atoms.